The lowest BCUT2D eigenvalue weighted by Crippen LogP contribution is -2.33. The van der Waals surface area contributed by atoms with Crippen molar-refractivity contribution in [1.29, 1.82) is 0 Å². The summed E-state index contributed by atoms with van der Waals surface area (Å²) in [4.78, 5) is 24.9. The Balaban J connectivity index is 1.29. The van der Waals surface area contributed by atoms with Crippen molar-refractivity contribution in [3.63, 3.8) is 0 Å². The van der Waals surface area contributed by atoms with E-state index in [-0.39, 0.29) is 17.3 Å². The van der Waals surface area contributed by atoms with Gasteiger partial charge in [-0.1, -0.05) is 6.07 Å². The fourth-order valence-corrected chi connectivity index (χ4v) is 5.53. The fourth-order valence-electron chi connectivity index (χ4n) is 5.53. The van der Waals surface area contributed by atoms with E-state index in [4.69, 9.17) is 0 Å². The molecule has 39 heavy (non-hydrogen) atoms. The molecule has 10 heteroatoms. The number of hydrogen-bond acceptors (Lipinski definition) is 7. The van der Waals surface area contributed by atoms with Crippen LogP contribution >= 0.6 is 0 Å². The molecule has 0 spiro atoms. The van der Waals surface area contributed by atoms with E-state index in [1.54, 1.807) is 15.6 Å². The number of fused-ring (bicyclic) bond motifs is 2. The summed E-state index contributed by atoms with van der Waals surface area (Å²) in [6.45, 7) is 10.1. The first kappa shape index (κ1) is 25.8. The van der Waals surface area contributed by atoms with Crippen molar-refractivity contribution >= 4 is 17.7 Å². The van der Waals surface area contributed by atoms with E-state index in [0.29, 0.717) is 17.2 Å². The van der Waals surface area contributed by atoms with Crippen molar-refractivity contribution in [2.75, 3.05) is 23.7 Å². The van der Waals surface area contributed by atoms with Crippen LogP contribution in [0.25, 0.3) is 5.82 Å². The molecule has 6 rings (SSSR count). The fraction of sp³-hybridized carbons (Fsp3) is 0.483. The zero-order valence-corrected chi connectivity index (χ0v) is 22.9. The second-order valence-electron chi connectivity index (χ2n) is 11.8. The van der Waals surface area contributed by atoms with Crippen LogP contribution in [0.5, 0.6) is 0 Å². The summed E-state index contributed by atoms with van der Waals surface area (Å²) in [5.74, 6) is 1.12. The standard InChI is InChI=1S/C29H36FN7O2/c1-17(2)36-27(38)22-14-31-28(34-26(22)37(36)24-10-9-23(30)25(33-24)29(3,4)39)32-21-8-7-20-16-35(15-18-5-6-18)12-11-19(20)13-21/h7-10,13-14,17-18,28,32,34,39H,5-6,11-12,15-16H2,1-4H3. The number of rotatable bonds is 7. The van der Waals surface area contributed by atoms with Crippen LogP contribution in [0.2, 0.25) is 0 Å². The van der Waals surface area contributed by atoms with Gasteiger partial charge in [0.2, 0.25) is 0 Å². The minimum atomic E-state index is -1.49. The minimum absolute atomic E-state index is 0.0888. The van der Waals surface area contributed by atoms with E-state index in [9.17, 15) is 14.3 Å². The third-order valence-corrected chi connectivity index (χ3v) is 7.68. The Labute approximate surface area is 227 Å². The number of nitrogens with one attached hydrogen (secondary N) is 2. The maximum Gasteiger partial charge on any atom is 0.278 e. The van der Waals surface area contributed by atoms with Gasteiger partial charge in [-0.15, -0.1) is 0 Å². The van der Waals surface area contributed by atoms with Crippen molar-refractivity contribution in [2.24, 2.45) is 10.9 Å². The average molecular weight is 534 g/mol. The van der Waals surface area contributed by atoms with Crippen LogP contribution in [-0.4, -0.2) is 49.9 Å². The van der Waals surface area contributed by atoms with E-state index in [0.717, 1.165) is 31.1 Å². The topological polar surface area (TPSA) is 99.7 Å². The molecule has 3 aliphatic rings. The second kappa shape index (κ2) is 9.60. The number of nitrogens with zero attached hydrogens (tertiary/aromatic N) is 5. The number of aliphatic imine (C=N–C) groups is 1. The van der Waals surface area contributed by atoms with Crippen molar-refractivity contribution in [2.45, 2.75) is 71.4 Å². The zero-order chi connectivity index (χ0) is 27.5. The largest absolute Gasteiger partial charge is 0.384 e. The molecule has 1 saturated carbocycles. The van der Waals surface area contributed by atoms with Crippen LogP contribution in [-0.2, 0) is 18.6 Å². The van der Waals surface area contributed by atoms with Crippen LogP contribution in [0.3, 0.4) is 0 Å². The van der Waals surface area contributed by atoms with Crippen LogP contribution in [0.15, 0.2) is 40.1 Å². The molecule has 1 fully saturated rings. The highest BCUT2D eigenvalue weighted by Gasteiger charge is 2.30. The predicted octanol–water partition coefficient (Wildman–Crippen LogP) is 3.99. The van der Waals surface area contributed by atoms with Gasteiger partial charge in [0.15, 0.2) is 12.1 Å². The van der Waals surface area contributed by atoms with Gasteiger partial charge in [-0.05, 0) is 88.3 Å². The number of pyridine rings is 1. The molecular weight excluding hydrogens is 497 g/mol. The Morgan fingerprint density at radius 2 is 2.00 bits per heavy atom. The Morgan fingerprint density at radius 1 is 1.21 bits per heavy atom. The van der Waals surface area contributed by atoms with Crippen LogP contribution in [0.1, 0.15) is 69.0 Å². The second-order valence-corrected chi connectivity index (χ2v) is 11.8. The third-order valence-electron chi connectivity index (χ3n) is 7.68. The highest BCUT2D eigenvalue weighted by atomic mass is 19.1. The van der Waals surface area contributed by atoms with Crippen LogP contribution in [0, 0.1) is 11.7 Å². The molecule has 0 radical (unpaired) electrons. The Hall–Kier alpha value is -3.50. The summed E-state index contributed by atoms with van der Waals surface area (Å²) in [7, 11) is 0. The Kier molecular flexibility index (Phi) is 6.34. The molecule has 1 aromatic carbocycles. The van der Waals surface area contributed by atoms with Crippen molar-refractivity contribution in [3.05, 3.63) is 68.9 Å². The summed E-state index contributed by atoms with van der Waals surface area (Å²) in [6, 6.07) is 9.04. The van der Waals surface area contributed by atoms with Gasteiger partial charge >= 0.3 is 0 Å². The number of aliphatic hydroxyl groups is 1. The molecule has 1 unspecified atom stereocenters. The molecule has 206 valence electrons. The zero-order valence-electron chi connectivity index (χ0n) is 22.9. The number of hydrogen-bond donors (Lipinski definition) is 3. The molecule has 2 aliphatic heterocycles. The number of aromatic nitrogens is 3. The molecule has 1 atom stereocenters. The van der Waals surface area contributed by atoms with E-state index < -0.39 is 17.7 Å². The quantitative estimate of drug-likeness (QED) is 0.425. The predicted molar refractivity (Wildman–Crippen MR) is 150 cm³/mol. The first-order chi connectivity index (χ1) is 18.6. The number of halogens is 1. The molecular formula is C29H36FN7O2. The summed E-state index contributed by atoms with van der Waals surface area (Å²) in [5.41, 5.74) is 2.27. The van der Waals surface area contributed by atoms with Crippen LogP contribution in [0.4, 0.5) is 15.9 Å². The Bertz CT molecular complexity index is 1500. The SMILES string of the molecule is CC(C)n1c(=O)c2c(n1-c1ccc(F)c(C(C)(C)O)n1)NC(Nc1ccc3c(c1)CCN(CC1CC1)C3)N=C2. The van der Waals surface area contributed by atoms with E-state index in [2.05, 4.69) is 43.7 Å². The van der Waals surface area contributed by atoms with E-state index >= 15 is 0 Å². The maximum atomic E-state index is 14.5. The molecule has 0 saturated heterocycles. The van der Waals surface area contributed by atoms with Gasteiger partial charge in [0.25, 0.3) is 5.56 Å². The lowest BCUT2D eigenvalue weighted by Gasteiger charge is -2.29. The van der Waals surface area contributed by atoms with Gasteiger partial charge in [-0.25, -0.2) is 23.7 Å². The molecule has 2 aromatic heterocycles. The van der Waals surface area contributed by atoms with Gasteiger partial charge in [0.05, 0.1) is 0 Å². The molecule has 3 aromatic rings. The molecule has 0 amide bonds. The average Bonchev–Trinajstić information content (AvgIpc) is 3.65. The van der Waals surface area contributed by atoms with E-state index in [1.807, 2.05) is 13.8 Å². The summed E-state index contributed by atoms with van der Waals surface area (Å²) >= 11 is 0. The Morgan fingerprint density at radius 3 is 2.72 bits per heavy atom. The van der Waals surface area contributed by atoms with Crippen molar-refractivity contribution < 1.29 is 9.50 Å². The normalized spacial score (nSPS) is 19.1. The minimum Gasteiger partial charge on any atom is -0.384 e. The highest BCUT2D eigenvalue weighted by Crippen LogP contribution is 2.32. The molecule has 3 N–H and O–H groups in total. The smallest absolute Gasteiger partial charge is 0.278 e. The molecule has 9 nitrogen and oxygen atoms in total. The van der Waals surface area contributed by atoms with Gasteiger partial charge in [0, 0.05) is 37.6 Å². The van der Waals surface area contributed by atoms with Gasteiger partial charge in [0.1, 0.15) is 28.5 Å². The van der Waals surface area contributed by atoms with Crippen molar-refractivity contribution in [1.82, 2.24) is 19.2 Å². The number of benzene rings is 1. The van der Waals surface area contributed by atoms with Gasteiger partial charge in [-0.2, -0.15) is 0 Å². The van der Waals surface area contributed by atoms with Crippen LogP contribution < -0.4 is 16.2 Å². The van der Waals surface area contributed by atoms with E-state index in [1.165, 1.54) is 56.5 Å². The van der Waals surface area contributed by atoms with Gasteiger partial charge in [-0.3, -0.25) is 9.69 Å². The van der Waals surface area contributed by atoms with Gasteiger partial charge < -0.3 is 15.7 Å². The molecule has 0 bridgehead atoms. The lowest BCUT2D eigenvalue weighted by molar-refractivity contribution is 0.0693. The molecule has 4 heterocycles. The summed E-state index contributed by atoms with van der Waals surface area (Å²) in [5, 5.41) is 17.3. The summed E-state index contributed by atoms with van der Waals surface area (Å²) < 4.78 is 17.8. The maximum absolute atomic E-state index is 14.5. The highest BCUT2D eigenvalue weighted by molar-refractivity contribution is 5.89. The molecule has 1 aliphatic carbocycles. The summed E-state index contributed by atoms with van der Waals surface area (Å²) in [6.07, 6.45) is 4.83. The first-order valence-corrected chi connectivity index (χ1v) is 13.8. The van der Waals surface area contributed by atoms with Crippen molar-refractivity contribution in [3.8, 4) is 5.82 Å². The monoisotopic (exact) mass is 533 g/mol. The third kappa shape index (κ3) is 4.98. The lowest BCUT2D eigenvalue weighted by atomic mass is 9.99. The first-order valence-electron chi connectivity index (χ1n) is 13.8. The number of anilines is 2.